The summed E-state index contributed by atoms with van der Waals surface area (Å²) in [5.74, 6) is 1.82. The molecule has 0 saturated heterocycles. The Morgan fingerprint density at radius 2 is 1.41 bits per heavy atom. The van der Waals surface area contributed by atoms with Crippen LogP contribution in [0.1, 0.15) is 27.8 Å². The maximum absolute atomic E-state index is 9.23. The van der Waals surface area contributed by atoms with E-state index in [1.807, 2.05) is 51.1 Å². The third-order valence-electron chi connectivity index (χ3n) is 5.04. The minimum atomic E-state index is 0.312. The van der Waals surface area contributed by atoms with Gasteiger partial charge >= 0.3 is 0 Å². The number of hydrogen-bond acceptors (Lipinski definition) is 7. The van der Waals surface area contributed by atoms with Crippen molar-refractivity contribution in [3.63, 3.8) is 0 Å². The van der Waals surface area contributed by atoms with E-state index in [2.05, 4.69) is 32.7 Å². The highest BCUT2D eigenvalue weighted by atomic mass is 16.5. The van der Waals surface area contributed by atoms with Gasteiger partial charge in [0, 0.05) is 17.4 Å². The molecule has 0 radical (unpaired) electrons. The highest BCUT2D eigenvalue weighted by molar-refractivity contribution is 5.62. The van der Waals surface area contributed by atoms with E-state index >= 15 is 0 Å². The number of nitriles is 2. The molecule has 0 spiro atoms. The zero-order chi connectivity index (χ0) is 24.1. The number of anilines is 4. The van der Waals surface area contributed by atoms with Crippen LogP contribution in [0.25, 0.3) is 0 Å². The van der Waals surface area contributed by atoms with Crippen LogP contribution in [-0.2, 0) is 0 Å². The zero-order valence-electron chi connectivity index (χ0n) is 19.0. The lowest BCUT2D eigenvalue weighted by Crippen LogP contribution is -2.03. The van der Waals surface area contributed by atoms with Crippen LogP contribution in [0.4, 0.5) is 23.1 Å². The summed E-state index contributed by atoms with van der Waals surface area (Å²) in [5.41, 5.74) is 5.45. The summed E-state index contributed by atoms with van der Waals surface area (Å²) in [6.07, 6.45) is 0. The molecule has 0 atom stereocenters. The summed E-state index contributed by atoms with van der Waals surface area (Å²) in [7, 11) is 0. The molecular weight excluding hydrogens is 424 g/mol. The first-order valence-electron chi connectivity index (χ1n) is 10.6. The Morgan fingerprint density at radius 1 is 0.735 bits per heavy atom. The van der Waals surface area contributed by atoms with Gasteiger partial charge in [0.25, 0.3) is 0 Å². The van der Waals surface area contributed by atoms with E-state index in [0.717, 1.165) is 22.4 Å². The number of hydrogen-bond donors (Lipinski definition) is 2. The van der Waals surface area contributed by atoms with E-state index in [4.69, 9.17) is 4.74 Å². The second kappa shape index (κ2) is 9.72. The van der Waals surface area contributed by atoms with Crippen LogP contribution < -0.4 is 15.4 Å². The molecular formula is C27H22N6O. The Morgan fingerprint density at radius 3 is 2.09 bits per heavy atom. The van der Waals surface area contributed by atoms with Crippen LogP contribution in [-0.4, -0.2) is 9.97 Å². The monoisotopic (exact) mass is 446 g/mol. The molecule has 7 nitrogen and oxygen atoms in total. The van der Waals surface area contributed by atoms with E-state index in [1.165, 1.54) is 0 Å². The van der Waals surface area contributed by atoms with Crippen LogP contribution in [0.15, 0.2) is 66.7 Å². The third-order valence-corrected chi connectivity index (χ3v) is 5.04. The lowest BCUT2D eigenvalue weighted by atomic mass is 10.1. The highest BCUT2D eigenvalue weighted by Gasteiger charge is 2.12. The Labute approximate surface area is 198 Å². The van der Waals surface area contributed by atoms with E-state index in [0.29, 0.717) is 40.2 Å². The van der Waals surface area contributed by atoms with Gasteiger partial charge in [-0.2, -0.15) is 20.5 Å². The van der Waals surface area contributed by atoms with Gasteiger partial charge in [0.15, 0.2) is 0 Å². The van der Waals surface area contributed by atoms with Gasteiger partial charge in [-0.05, 0) is 79.9 Å². The van der Waals surface area contributed by atoms with Crippen LogP contribution in [0.3, 0.4) is 0 Å². The van der Waals surface area contributed by atoms with Gasteiger partial charge < -0.3 is 15.4 Å². The average Bonchev–Trinajstić information content (AvgIpc) is 2.81. The number of ether oxygens (including phenoxy) is 1. The summed E-state index contributed by atoms with van der Waals surface area (Å²) < 4.78 is 6.17. The Balaban J connectivity index is 1.72. The first-order chi connectivity index (χ1) is 16.4. The summed E-state index contributed by atoms with van der Waals surface area (Å²) in [5, 5.41) is 24.9. The molecule has 0 aliphatic carbocycles. The first-order valence-corrected chi connectivity index (χ1v) is 10.6. The minimum Gasteiger partial charge on any atom is -0.438 e. The molecule has 0 amide bonds. The molecule has 0 aliphatic rings. The van der Waals surface area contributed by atoms with Crippen molar-refractivity contribution >= 4 is 23.1 Å². The van der Waals surface area contributed by atoms with Gasteiger partial charge in [0.05, 0.1) is 23.3 Å². The van der Waals surface area contributed by atoms with E-state index in [9.17, 15) is 10.5 Å². The fraction of sp³-hybridized carbons (Fsp3) is 0.111. The minimum absolute atomic E-state index is 0.312. The lowest BCUT2D eigenvalue weighted by molar-refractivity contribution is 0.456. The maximum Gasteiger partial charge on any atom is 0.232 e. The van der Waals surface area contributed by atoms with Crippen LogP contribution in [0.2, 0.25) is 0 Å². The predicted molar refractivity (Wildman–Crippen MR) is 132 cm³/mol. The number of aromatic nitrogens is 2. The lowest BCUT2D eigenvalue weighted by Gasteiger charge is -2.15. The molecule has 166 valence electrons. The Kier molecular flexibility index (Phi) is 6.38. The molecule has 34 heavy (non-hydrogen) atoms. The van der Waals surface area contributed by atoms with E-state index in [-0.39, 0.29) is 0 Å². The Hall–Kier alpha value is -4.88. The standard InChI is InChI=1S/C27H22N6O/c1-17-6-4-8-22(10-17)30-24-14-25(34-26-18(2)11-21(16-29)12-19(26)3)33-27(32-24)31-23-9-5-7-20(13-23)15-28/h4-14H,1-3H3,(H2,30,31,32,33). The molecule has 0 unspecified atom stereocenters. The first kappa shape index (κ1) is 22.3. The van der Waals surface area contributed by atoms with Crippen molar-refractivity contribution < 1.29 is 4.74 Å². The fourth-order valence-corrected chi connectivity index (χ4v) is 3.54. The molecule has 4 aromatic rings. The van der Waals surface area contributed by atoms with E-state index in [1.54, 1.807) is 36.4 Å². The highest BCUT2D eigenvalue weighted by Crippen LogP contribution is 2.31. The van der Waals surface area contributed by atoms with Crippen LogP contribution in [0.5, 0.6) is 11.6 Å². The average molecular weight is 447 g/mol. The SMILES string of the molecule is Cc1cccc(Nc2cc(Oc3c(C)cc(C#N)cc3C)nc(Nc3cccc(C#N)c3)n2)c1. The fourth-order valence-electron chi connectivity index (χ4n) is 3.54. The molecule has 1 heterocycles. The normalized spacial score (nSPS) is 10.1. The van der Waals surface area contributed by atoms with Crippen molar-refractivity contribution in [1.29, 1.82) is 10.5 Å². The molecule has 0 fully saturated rings. The number of rotatable bonds is 6. The summed E-state index contributed by atoms with van der Waals surface area (Å²) in [4.78, 5) is 9.11. The maximum atomic E-state index is 9.23. The Bertz CT molecular complexity index is 1430. The van der Waals surface area contributed by atoms with Gasteiger partial charge in [0.1, 0.15) is 11.6 Å². The molecule has 1 aromatic heterocycles. The van der Waals surface area contributed by atoms with Crippen molar-refractivity contribution in [3.8, 4) is 23.8 Å². The van der Waals surface area contributed by atoms with Gasteiger partial charge in [-0.1, -0.05) is 18.2 Å². The van der Waals surface area contributed by atoms with Crippen LogP contribution >= 0.6 is 0 Å². The number of nitrogens with zero attached hydrogens (tertiary/aromatic N) is 4. The van der Waals surface area contributed by atoms with Gasteiger partial charge in [-0.25, -0.2) is 0 Å². The number of nitrogens with one attached hydrogen (secondary N) is 2. The van der Waals surface area contributed by atoms with Crippen molar-refractivity contribution in [1.82, 2.24) is 9.97 Å². The topological polar surface area (TPSA) is 107 Å². The van der Waals surface area contributed by atoms with Gasteiger partial charge in [-0.3, -0.25) is 0 Å². The molecule has 2 N–H and O–H groups in total. The second-order valence-corrected chi connectivity index (χ2v) is 7.88. The van der Waals surface area contributed by atoms with Crippen molar-refractivity contribution in [3.05, 3.63) is 94.5 Å². The summed E-state index contributed by atoms with van der Waals surface area (Å²) in [6, 6.07) is 24.6. The summed E-state index contributed by atoms with van der Waals surface area (Å²) >= 11 is 0. The zero-order valence-corrected chi connectivity index (χ0v) is 19.0. The largest absolute Gasteiger partial charge is 0.438 e. The quantitative estimate of drug-likeness (QED) is 0.352. The van der Waals surface area contributed by atoms with Crippen molar-refractivity contribution in [2.75, 3.05) is 10.6 Å². The van der Waals surface area contributed by atoms with Gasteiger partial charge in [0.2, 0.25) is 11.8 Å². The second-order valence-electron chi connectivity index (χ2n) is 7.88. The van der Waals surface area contributed by atoms with Gasteiger partial charge in [-0.15, -0.1) is 0 Å². The molecule has 0 saturated carbocycles. The van der Waals surface area contributed by atoms with Crippen LogP contribution in [0, 0.1) is 43.4 Å². The molecule has 7 heteroatoms. The summed E-state index contributed by atoms with van der Waals surface area (Å²) in [6.45, 7) is 5.80. The molecule has 3 aromatic carbocycles. The number of aryl methyl sites for hydroxylation is 3. The van der Waals surface area contributed by atoms with Crippen molar-refractivity contribution in [2.24, 2.45) is 0 Å². The predicted octanol–water partition coefficient (Wildman–Crippen LogP) is 6.42. The molecule has 0 bridgehead atoms. The van der Waals surface area contributed by atoms with E-state index < -0.39 is 0 Å². The third kappa shape index (κ3) is 5.29. The number of benzene rings is 3. The molecule has 4 rings (SSSR count). The smallest absolute Gasteiger partial charge is 0.232 e. The van der Waals surface area contributed by atoms with Crippen molar-refractivity contribution in [2.45, 2.75) is 20.8 Å². The molecule has 0 aliphatic heterocycles.